The molecule has 0 spiro atoms. The van der Waals surface area contributed by atoms with E-state index >= 15 is 0 Å². The zero-order valence-corrected chi connectivity index (χ0v) is 12.1. The molecule has 0 saturated carbocycles. The van der Waals surface area contributed by atoms with Crippen LogP contribution in [0.25, 0.3) is 0 Å². The molecule has 2 N–H and O–H groups in total. The van der Waals surface area contributed by atoms with Gasteiger partial charge in [0.2, 0.25) is 0 Å². The van der Waals surface area contributed by atoms with E-state index in [1.807, 2.05) is 6.07 Å². The van der Waals surface area contributed by atoms with Crippen LogP contribution in [0, 0.1) is 0 Å². The minimum Gasteiger partial charge on any atom is -0.381 e. The number of hydrogen-bond donors (Lipinski definition) is 1. The summed E-state index contributed by atoms with van der Waals surface area (Å²) in [5.41, 5.74) is 7.12. The second-order valence-electron chi connectivity index (χ2n) is 4.24. The highest BCUT2D eigenvalue weighted by Crippen LogP contribution is 2.22. The van der Waals surface area contributed by atoms with Gasteiger partial charge in [-0.25, -0.2) is 0 Å². The molecular weight excluding hydrogens is 278 g/mol. The van der Waals surface area contributed by atoms with Crippen molar-refractivity contribution in [3.63, 3.8) is 0 Å². The molecule has 0 aromatic heterocycles. The molecule has 3 heteroatoms. The fourth-order valence-electron chi connectivity index (χ4n) is 1.76. The van der Waals surface area contributed by atoms with Crippen LogP contribution in [0.5, 0.6) is 0 Å². The first-order valence-electron chi connectivity index (χ1n) is 6.31. The van der Waals surface area contributed by atoms with Gasteiger partial charge in [0, 0.05) is 17.7 Å². The van der Waals surface area contributed by atoms with Crippen molar-refractivity contribution in [3.8, 4) is 0 Å². The Kier molecular flexibility index (Phi) is 7.49. The molecule has 96 valence electrons. The van der Waals surface area contributed by atoms with Gasteiger partial charge < -0.3 is 10.5 Å². The summed E-state index contributed by atoms with van der Waals surface area (Å²) in [7, 11) is 0. The Bertz CT molecular complexity index is 317. The molecule has 0 aliphatic carbocycles. The van der Waals surface area contributed by atoms with E-state index in [0.717, 1.165) is 30.5 Å². The number of benzene rings is 1. The van der Waals surface area contributed by atoms with Crippen LogP contribution in [0.15, 0.2) is 28.7 Å². The van der Waals surface area contributed by atoms with E-state index in [2.05, 4.69) is 41.1 Å². The van der Waals surface area contributed by atoms with Crippen LogP contribution in [-0.4, -0.2) is 19.8 Å². The van der Waals surface area contributed by atoms with Crippen molar-refractivity contribution in [3.05, 3.63) is 34.3 Å². The van der Waals surface area contributed by atoms with Gasteiger partial charge in [-0.2, -0.15) is 0 Å². The molecule has 1 aromatic rings. The lowest BCUT2D eigenvalue weighted by Gasteiger charge is -2.15. The third-order valence-electron chi connectivity index (χ3n) is 2.86. The summed E-state index contributed by atoms with van der Waals surface area (Å²) in [6.45, 7) is 4.52. The monoisotopic (exact) mass is 299 g/mol. The molecule has 0 aliphatic rings. The zero-order chi connectivity index (χ0) is 12.5. The largest absolute Gasteiger partial charge is 0.381 e. The zero-order valence-electron chi connectivity index (χ0n) is 10.5. The molecule has 1 aromatic carbocycles. The maximum absolute atomic E-state index is 5.82. The summed E-state index contributed by atoms with van der Waals surface area (Å²) >= 11 is 3.49. The van der Waals surface area contributed by atoms with Gasteiger partial charge in [0.1, 0.15) is 0 Å². The molecule has 2 nitrogen and oxygen atoms in total. The average Bonchev–Trinajstić information content (AvgIpc) is 2.34. The smallest absolute Gasteiger partial charge is 0.0472 e. The van der Waals surface area contributed by atoms with Crippen LogP contribution in [0.4, 0.5) is 0 Å². The van der Waals surface area contributed by atoms with Crippen molar-refractivity contribution >= 4 is 15.9 Å². The maximum atomic E-state index is 5.82. The molecule has 1 unspecified atom stereocenters. The first-order chi connectivity index (χ1) is 8.27. The van der Waals surface area contributed by atoms with E-state index < -0.39 is 0 Å². The Labute approximate surface area is 113 Å². The lowest BCUT2D eigenvalue weighted by Crippen LogP contribution is -2.15. The lowest BCUT2D eigenvalue weighted by molar-refractivity contribution is 0.124. The van der Waals surface area contributed by atoms with Crippen LogP contribution in [-0.2, 0) is 4.74 Å². The molecule has 0 fully saturated rings. The fraction of sp³-hybridized carbons (Fsp3) is 0.571. The Morgan fingerprint density at radius 3 is 2.82 bits per heavy atom. The van der Waals surface area contributed by atoms with Crippen LogP contribution < -0.4 is 5.73 Å². The molecule has 1 rings (SSSR count). The minimum atomic E-state index is 0.397. The highest BCUT2D eigenvalue weighted by atomic mass is 79.9. The Balaban J connectivity index is 2.38. The quantitative estimate of drug-likeness (QED) is 0.743. The number of unbranched alkanes of at least 4 members (excludes halogenated alkanes) is 1. The maximum Gasteiger partial charge on any atom is 0.0472 e. The molecule has 0 amide bonds. The Morgan fingerprint density at radius 2 is 2.18 bits per heavy atom. The highest BCUT2D eigenvalue weighted by molar-refractivity contribution is 9.10. The predicted molar refractivity (Wildman–Crippen MR) is 76.3 cm³/mol. The molecule has 1 atom stereocenters. The highest BCUT2D eigenvalue weighted by Gasteiger charge is 2.09. The van der Waals surface area contributed by atoms with Crippen LogP contribution in [0.2, 0.25) is 0 Å². The van der Waals surface area contributed by atoms with Gasteiger partial charge in [0.15, 0.2) is 0 Å². The van der Waals surface area contributed by atoms with Gasteiger partial charge in [-0.15, -0.1) is 0 Å². The fourth-order valence-corrected chi connectivity index (χ4v) is 2.17. The van der Waals surface area contributed by atoms with E-state index in [0.29, 0.717) is 12.5 Å². The Hall–Kier alpha value is -0.380. The SMILES string of the molecule is CCCCOCCC(CN)c1cccc(Br)c1. The molecule has 0 saturated heterocycles. The van der Waals surface area contributed by atoms with Gasteiger partial charge in [0.05, 0.1) is 0 Å². The summed E-state index contributed by atoms with van der Waals surface area (Å²) in [6, 6.07) is 8.37. The second-order valence-corrected chi connectivity index (χ2v) is 5.16. The van der Waals surface area contributed by atoms with Crippen LogP contribution in [0.3, 0.4) is 0 Å². The van der Waals surface area contributed by atoms with Crippen molar-refractivity contribution in [2.24, 2.45) is 5.73 Å². The van der Waals surface area contributed by atoms with Gasteiger partial charge in [-0.1, -0.05) is 41.4 Å². The molecule has 0 bridgehead atoms. The summed E-state index contributed by atoms with van der Waals surface area (Å²) in [6.07, 6.45) is 3.33. The third-order valence-corrected chi connectivity index (χ3v) is 3.35. The first kappa shape index (κ1) is 14.7. The Morgan fingerprint density at radius 1 is 1.35 bits per heavy atom. The first-order valence-corrected chi connectivity index (χ1v) is 7.10. The van der Waals surface area contributed by atoms with E-state index in [1.165, 1.54) is 12.0 Å². The summed E-state index contributed by atoms with van der Waals surface area (Å²) in [5, 5.41) is 0. The molecule has 17 heavy (non-hydrogen) atoms. The van der Waals surface area contributed by atoms with Gasteiger partial charge >= 0.3 is 0 Å². The van der Waals surface area contributed by atoms with E-state index in [-0.39, 0.29) is 0 Å². The number of ether oxygens (including phenoxy) is 1. The molecule has 0 heterocycles. The van der Waals surface area contributed by atoms with E-state index in [9.17, 15) is 0 Å². The molecule has 0 aliphatic heterocycles. The summed E-state index contributed by atoms with van der Waals surface area (Å²) in [4.78, 5) is 0. The molecule has 0 radical (unpaired) electrons. The summed E-state index contributed by atoms with van der Waals surface area (Å²) in [5.74, 6) is 0.397. The topological polar surface area (TPSA) is 35.2 Å². The van der Waals surface area contributed by atoms with Gasteiger partial charge in [-0.3, -0.25) is 0 Å². The van der Waals surface area contributed by atoms with Gasteiger partial charge in [0.25, 0.3) is 0 Å². The third kappa shape index (κ3) is 5.66. The number of rotatable bonds is 8. The standard InChI is InChI=1S/C14H22BrNO/c1-2-3-8-17-9-7-13(11-16)12-5-4-6-14(15)10-12/h4-6,10,13H,2-3,7-9,11,16H2,1H3. The second kappa shape index (κ2) is 8.67. The van der Waals surface area contributed by atoms with Crippen molar-refractivity contribution < 1.29 is 4.74 Å². The van der Waals surface area contributed by atoms with Crippen molar-refractivity contribution in [1.82, 2.24) is 0 Å². The van der Waals surface area contributed by atoms with Gasteiger partial charge in [-0.05, 0) is 43.0 Å². The van der Waals surface area contributed by atoms with Crippen molar-refractivity contribution in [2.45, 2.75) is 32.1 Å². The number of hydrogen-bond acceptors (Lipinski definition) is 2. The number of halogens is 1. The minimum absolute atomic E-state index is 0.397. The van der Waals surface area contributed by atoms with Crippen LogP contribution in [0.1, 0.15) is 37.7 Å². The van der Waals surface area contributed by atoms with E-state index in [4.69, 9.17) is 10.5 Å². The van der Waals surface area contributed by atoms with Crippen LogP contribution >= 0.6 is 15.9 Å². The predicted octanol–water partition coefficient (Wildman–Crippen LogP) is 3.70. The van der Waals surface area contributed by atoms with Crippen molar-refractivity contribution in [1.29, 1.82) is 0 Å². The molecular formula is C14H22BrNO. The average molecular weight is 300 g/mol. The lowest BCUT2D eigenvalue weighted by atomic mass is 9.96. The summed E-state index contributed by atoms with van der Waals surface area (Å²) < 4.78 is 6.70. The normalized spacial score (nSPS) is 12.6. The van der Waals surface area contributed by atoms with Crippen molar-refractivity contribution in [2.75, 3.05) is 19.8 Å². The van der Waals surface area contributed by atoms with E-state index in [1.54, 1.807) is 0 Å². The number of nitrogens with two attached hydrogens (primary N) is 1.